The van der Waals surface area contributed by atoms with Gasteiger partial charge in [-0.1, -0.05) is 22.9 Å². The van der Waals surface area contributed by atoms with Crippen LogP contribution in [0.15, 0.2) is 12.1 Å². The van der Waals surface area contributed by atoms with Gasteiger partial charge in [0.25, 0.3) is 0 Å². The fourth-order valence-electron chi connectivity index (χ4n) is 1.41. The van der Waals surface area contributed by atoms with Crippen molar-refractivity contribution in [3.8, 4) is 0 Å². The molecule has 0 spiro atoms. The predicted molar refractivity (Wildman–Crippen MR) is 59.0 cm³/mol. The topological polar surface area (TPSA) is 31.2 Å². The van der Waals surface area contributed by atoms with E-state index in [0.29, 0.717) is 11.6 Å². The van der Waals surface area contributed by atoms with Crippen LogP contribution in [0.3, 0.4) is 0 Å². The fourth-order valence-corrected chi connectivity index (χ4v) is 1.74. The largest absolute Gasteiger partial charge is 0.464 e. The van der Waals surface area contributed by atoms with Gasteiger partial charge >= 0.3 is 5.97 Å². The molecule has 14 heavy (non-hydrogen) atoms. The van der Waals surface area contributed by atoms with E-state index < -0.39 is 0 Å². The number of alkyl halides is 1. The maximum Gasteiger partial charge on any atom is 0.354 e. The number of halogens is 1. The average Bonchev–Trinajstić information content (AvgIpc) is 2.58. The number of hydrogen-bond acceptors (Lipinski definition) is 2. The van der Waals surface area contributed by atoms with Crippen LogP contribution in [0.1, 0.15) is 29.0 Å². The summed E-state index contributed by atoms with van der Waals surface area (Å²) in [4.78, 5) is 11.3. The van der Waals surface area contributed by atoms with Gasteiger partial charge in [-0.05, 0) is 12.1 Å². The van der Waals surface area contributed by atoms with Crippen molar-refractivity contribution in [2.24, 2.45) is 7.05 Å². The summed E-state index contributed by atoms with van der Waals surface area (Å²) in [6.45, 7) is 2.10. The molecule has 4 heteroatoms. The Balaban J connectivity index is 3.02. The molecule has 1 aromatic rings. The van der Waals surface area contributed by atoms with Gasteiger partial charge in [0.15, 0.2) is 0 Å². The molecule has 0 aliphatic heterocycles. The number of carbonyl (C=O) groups is 1. The summed E-state index contributed by atoms with van der Waals surface area (Å²) in [6, 6.07) is 3.75. The number of methoxy groups -OCH3 is 1. The monoisotopic (exact) mass is 259 g/mol. The Hall–Kier alpha value is -0.770. The van der Waals surface area contributed by atoms with Crippen LogP contribution in [0, 0.1) is 0 Å². The Labute approximate surface area is 92.2 Å². The molecule has 0 N–H and O–H groups in total. The van der Waals surface area contributed by atoms with E-state index in [1.807, 2.05) is 17.7 Å². The molecule has 0 bridgehead atoms. The Morgan fingerprint density at radius 3 is 2.79 bits per heavy atom. The number of ether oxygens (including phenoxy) is 1. The summed E-state index contributed by atoms with van der Waals surface area (Å²) in [6.07, 6.45) is 0. The zero-order valence-electron chi connectivity index (χ0n) is 8.58. The number of esters is 1. The molecule has 3 nitrogen and oxygen atoms in total. The third kappa shape index (κ3) is 2.00. The first-order valence-corrected chi connectivity index (χ1v) is 5.53. The molecule has 0 aliphatic rings. The standard InChI is InChI=1S/C10H14BrNO2/c1-7(6-11)8-4-5-9(12(8)2)10(13)14-3/h4-5,7H,6H2,1-3H3. The first-order valence-electron chi connectivity index (χ1n) is 4.41. The highest BCUT2D eigenvalue weighted by Gasteiger charge is 2.15. The SMILES string of the molecule is COC(=O)c1ccc(C(C)CBr)n1C. The zero-order chi connectivity index (χ0) is 10.7. The van der Waals surface area contributed by atoms with Crippen molar-refractivity contribution >= 4 is 21.9 Å². The van der Waals surface area contributed by atoms with Crippen molar-refractivity contribution < 1.29 is 9.53 Å². The lowest BCUT2D eigenvalue weighted by molar-refractivity contribution is 0.0589. The van der Waals surface area contributed by atoms with E-state index in [-0.39, 0.29) is 5.97 Å². The average molecular weight is 260 g/mol. The van der Waals surface area contributed by atoms with Crippen LogP contribution < -0.4 is 0 Å². The summed E-state index contributed by atoms with van der Waals surface area (Å²) in [5.41, 5.74) is 1.72. The Morgan fingerprint density at radius 1 is 1.64 bits per heavy atom. The zero-order valence-corrected chi connectivity index (χ0v) is 10.2. The van der Waals surface area contributed by atoms with E-state index in [1.165, 1.54) is 7.11 Å². The Morgan fingerprint density at radius 2 is 2.29 bits per heavy atom. The molecule has 1 aromatic heterocycles. The Bertz CT molecular complexity index is 333. The van der Waals surface area contributed by atoms with Crippen LogP contribution in [-0.2, 0) is 11.8 Å². The van der Waals surface area contributed by atoms with Gasteiger partial charge in [0.2, 0.25) is 0 Å². The van der Waals surface area contributed by atoms with Crippen molar-refractivity contribution in [2.45, 2.75) is 12.8 Å². The van der Waals surface area contributed by atoms with E-state index in [4.69, 9.17) is 0 Å². The molecule has 0 fully saturated rings. The minimum Gasteiger partial charge on any atom is -0.464 e. The van der Waals surface area contributed by atoms with Crippen LogP contribution in [-0.4, -0.2) is 23.0 Å². The molecule has 78 valence electrons. The van der Waals surface area contributed by atoms with E-state index in [2.05, 4.69) is 27.6 Å². The van der Waals surface area contributed by atoms with E-state index in [9.17, 15) is 4.79 Å². The molecule has 1 rings (SSSR count). The maximum absolute atomic E-state index is 11.3. The molecule has 0 saturated carbocycles. The Kier molecular flexibility index (Phi) is 3.75. The van der Waals surface area contributed by atoms with Gasteiger partial charge in [0.05, 0.1) is 7.11 Å². The van der Waals surface area contributed by atoms with Crippen LogP contribution in [0.4, 0.5) is 0 Å². The fraction of sp³-hybridized carbons (Fsp3) is 0.500. The minimum atomic E-state index is -0.291. The molecule has 0 amide bonds. The molecule has 0 aliphatic carbocycles. The lowest BCUT2D eigenvalue weighted by atomic mass is 10.1. The normalized spacial score (nSPS) is 12.6. The highest BCUT2D eigenvalue weighted by atomic mass is 79.9. The van der Waals surface area contributed by atoms with Gasteiger partial charge in [-0.2, -0.15) is 0 Å². The summed E-state index contributed by atoms with van der Waals surface area (Å²) >= 11 is 3.42. The number of rotatable bonds is 3. The highest BCUT2D eigenvalue weighted by molar-refractivity contribution is 9.09. The second kappa shape index (κ2) is 4.64. The van der Waals surface area contributed by atoms with Gasteiger partial charge in [-0.3, -0.25) is 0 Å². The number of aromatic nitrogens is 1. The summed E-state index contributed by atoms with van der Waals surface area (Å²) in [5, 5.41) is 0.880. The van der Waals surface area contributed by atoms with Gasteiger partial charge in [-0.15, -0.1) is 0 Å². The van der Waals surface area contributed by atoms with Crippen molar-refractivity contribution in [3.63, 3.8) is 0 Å². The minimum absolute atomic E-state index is 0.291. The number of carbonyl (C=O) groups excluding carboxylic acids is 1. The summed E-state index contributed by atoms with van der Waals surface area (Å²) in [7, 11) is 3.27. The third-order valence-corrected chi connectivity index (χ3v) is 3.26. The van der Waals surface area contributed by atoms with Gasteiger partial charge in [-0.25, -0.2) is 4.79 Å². The number of hydrogen-bond donors (Lipinski definition) is 0. The highest BCUT2D eigenvalue weighted by Crippen LogP contribution is 2.19. The van der Waals surface area contributed by atoms with Gasteiger partial charge in [0, 0.05) is 24.0 Å². The first-order chi connectivity index (χ1) is 6.61. The van der Waals surface area contributed by atoms with Crippen molar-refractivity contribution in [1.82, 2.24) is 4.57 Å². The quantitative estimate of drug-likeness (QED) is 0.616. The molecule has 0 radical (unpaired) electrons. The third-order valence-electron chi connectivity index (χ3n) is 2.29. The van der Waals surface area contributed by atoms with Crippen LogP contribution in [0.5, 0.6) is 0 Å². The smallest absolute Gasteiger partial charge is 0.354 e. The number of nitrogens with zero attached hydrogens (tertiary/aromatic N) is 1. The maximum atomic E-state index is 11.3. The molecule has 0 aromatic carbocycles. The van der Waals surface area contributed by atoms with Crippen molar-refractivity contribution in [3.05, 3.63) is 23.5 Å². The van der Waals surface area contributed by atoms with Gasteiger partial charge in [0.1, 0.15) is 5.69 Å². The second-order valence-electron chi connectivity index (χ2n) is 3.25. The summed E-state index contributed by atoms with van der Waals surface area (Å²) < 4.78 is 6.55. The van der Waals surface area contributed by atoms with Crippen LogP contribution >= 0.6 is 15.9 Å². The lowest BCUT2D eigenvalue weighted by Gasteiger charge is -2.10. The van der Waals surface area contributed by atoms with E-state index >= 15 is 0 Å². The molecule has 0 saturated heterocycles. The van der Waals surface area contributed by atoms with Crippen LogP contribution in [0.2, 0.25) is 0 Å². The molecule has 1 unspecified atom stereocenters. The lowest BCUT2D eigenvalue weighted by Crippen LogP contribution is -2.11. The predicted octanol–water partition coefficient (Wildman–Crippen LogP) is 2.31. The molecular formula is C10H14BrNO2. The molecular weight excluding hydrogens is 246 g/mol. The van der Waals surface area contributed by atoms with Crippen molar-refractivity contribution in [2.75, 3.05) is 12.4 Å². The van der Waals surface area contributed by atoms with Gasteiger partial charge < -0.3 is 9.30 Å². The molecule has 1 atom stereocenters. The summed E-state index contributed by atoms with van der Waals surface area (Å²) in [5.74, 6) is 0.0962. The van der Waals surface area contributed by atoms with Crippen LogP contribution in [0.25, 0.3) is 0 Å². The van der Waals surface area contributed by atoms with Crippen molar-refractivity contribution in [1.29, 1.82) is 0 Å². The molecule has 1 heterocycles. The van der Waals surface area contributed by atoms with E-state index in [1.54, 1.807) is 6.07 Å². The van der Waals surface area contributed by atoms with E-state index in [0.717, 1.165) is 11.0 Å². The first kappa shape index (κ1) is 11.3. The second-order valence-corrected chi connectivity index (χ2v) is 3.90.